The van der Waals surface area contributed by atoms with Crippen molar-refractivity contribution in [3.05, 3.63) is 35.9 Å². The fourth-order valence-electron chi connectivity index (χ4n) is 4.05. The van der Waals surface area contributed by atoms with Gasteiger partial charge in [-0.15, -0.1) is 0 Å². The maximum Gasteiger partial charge on any atom is 0.220 e. The molecule has 2 N–H and O–H groups in total. The van der Waals surface area contributed by atoms with Crippen LogP contribution in [0.2, 0.25) is 0 Å². The van der Waals surface area contributed by atoms with Crippen molar-refractivity contribution in [2.75, 3.05) is 0 Å². The smallest absolute Gasteiger partial charge is 0.220 e. The topological polar surface area (TPSA) is 75.3 Å². The molecule has 4 unspecified atom stereocenters. The predicted molar refractivity (Wildman–Crippen MR) is 99.6 cm³/mol. The first-order valence-electron chi connectivity index (χ1n) is 9.66. The first kappa shape index (κ1) is 18.6. The van der Waals surface area contributed by atoms with Crippen molar-refractivity contribution in [2.45, 2.75) is 64.0 Å². The number of hydrogen-bond acceptors (Lipinski definition) is 3. The van der Waals surface area contributed by atoms with Crippen LogP contribution in [0.4, 0.5) is 0 Å². The summed E-state index contributed by atoms with van der Waals surface area (Å²) in [4.78, 5) is 35.7. The number of carbonyl (C=O) groups excluding carboxylic acids is 3. The van der Waals surface area contributed by atoms with Gasteiger partial charge >= 0.3 is 0 Å². The van der Waals surface area contributed by atoms with E-state index in [-0.39, 0.29) is 35.6 Å². The highest BCUT2D eigenvalue weighted by molar-refractivity contribution is 5.96. The summed E-state index contributed by atoms with van der Waals surface area (Å²) in [7, 11) is 0. The van der Waals surface area contributed by atoms with Crippen LogP contribution in [0.25, 0.3) is 0 Å². The van der Waals surface area contributed by atoms with Gasteiger partial charge in [-0.2, -0.15) is 0 Å². The average Bonchev–Trinajstić information content (AvgIpc) is 3.32. The molecule has 0 saturated heterocycles. The number of ketones is 1. The average molecular weight is 356 g/mol. The largest absolute Gasteiger partial charge is 0.353 e. The molecule has 26 heavy (non-hydrogen) atoms. The first-order valence-corrected chi connectivity index (χ1v) is 9.66. The van der Waals surface area contributed by atoms with Crippen LogP contribution in [0.15, 0.2) is 30.3 Å². The van der Waals surface area contributed by atoms with E-state index in [1.807, 2.05) is 30.3 Å². The Labute approximate surface area is 154 Å². The summed E-state index contributed by atoms with van der Waals surface area (Å²) in [6.45, 7) is 1.51. The van der Waals surface area contributed by atoms with Crippen molar-refractivity contribution in [3.8, 4) is 0 Å². The summed E-state index contributed by atoms with van der Waals surface area (Å²) in [6.07, 6.45) is 5.91. The fourth-order valence-corrected chi connectivity index (χ4v) is 4.05. The van der Waals surface area contributed by atoms with Gasteiger partial charge in [0.15, 0.2) is 5.78 Å². The third-order valence-corrected chi connectivity index (χ3v) is 5.48. The minimum absolute atomic E-state index is 0.0314. The Balaban J connectivity index is 1.41. The molecular weight excluding hydrogens is 328 g/mol. The van der Waals surface area contributed by atoms with Gasteiger partial charge in [0.05, 0.1) is 0 Å². The van der Waals surface area contributed by atoms with Gasteiger partial charge in [-0.05, 0) is 37.5 Å². The lowest BCUT2D eigenvalue weighted by molar-refractivity contribution is -0.123. The van der Waals surface area contributed by atoms with E-state index in [1.165, 1.54) is 6.92 Å². The maximum atomic E-state index is 12.4. The minimum Gasteiger partial charge on any atom is -0.353 e. The molecule has 1 aromatic rings. The second-order valence-corrected chi connectivity index (χ2v) is 7.80. The van der Waals surface area contributed by atoms with Crippen LogP contribution in [0.1, 0.15) is 62.2 Å². The molecule has 2 saturated carbocycles. The van der Waals surface area contributed by atoms with E-state index in [0.717, 1.165) is 37.7 Å². The van der Waals surface area contributed by atoms with Gasteiger partial charge in [0.25, 0.3) is 0 Å². The van der Waals surface area contributed by atoms with E-state index in [2.05, 4.69) is 10.6 Å². The van der Waals surface area contributed by atoms with Crippen LogP contribution in [-0.4, -0.2) is 29.7 Å². The highest BCUT2D eigenvalue weighted by Crippen LogP contribution is 2.34. The standard InChI is InChI=1S/C21H28N2O3/c1-14(24)22-19-12-17(19)13-21(26)23-18-9-5-6-15(10-18)11-20(25)16-7-3-2-4-8-16/h2-4,7-8,15,17-19H,5-6,9-13H2,1H3,(H,22,24)(H,23,26). The zero-order valence-corrected chi connectivity index (χ0v) is 15.4. The van der Waals surface area contributed by atoms with Gasteiger partial charge in [0.1, 0.15) is 0 Å². The van der Waals surface area contributed by atoms with Crippen LogP contribution in [0.5, 0.6) is 0 Å². The van der Waals surface area contributed by atoms with Gasteiger partial charge in [-0.3, -0.25) is 14.4 Å². The third kappa shape index (κ3) is 5.41. The second kappa shape index (κ2) is 8.47. The molecule has 5 heteroatoms. The van der Waals surface area contributed by atoms with E-state index in [1.54, 1.807) is 0 Å². The highest BCUT2D eigenvalue weighted by Gasteiger charge is 2.39. The summed E-state index contributed by atoms with van der Waals surface area (Å²) in [6, 6.07) is 9.77. The summed E-state index contributed by atoms with van der Waals surface area (Å²) in [5.74, 6) is 0.852. The number of Topliss-reactive ketones (excluding diaryl/α,β-unsaturated/α-hetero) is 1. The Morgan fingerprint density at radius 3 is 2.50 bits per heavy atom. The van der Waals surface area contributed by atoms with Crippen molar-refractivity contribution in [3.63, 3.8) is 0 Å². The summed E-state index contributed by atoms with van der Waals surface area (Å²) < 4.78 is 0. The van der Waals surface area contributed by atoms with E-state index in [9.17, 15) is 14.4 Å². The Kier molecular flexibility index (Phi) is 6.07. The molecule has 0 aliphatic heterocycles. The van der Waals surface area contributed by atoms with Gasteiger partial charge in [-0.25, -0.2) is 0 Å². The summed E-state index contributed by atoms with van der Waals surface area (Å²) in [5, 5.41) is 6.01. The number of nitrogens with one attached hydrogen (secondary N) is 2. The molecule has 0 bridgehead atoms. The lowest BCUT2D eigenvalue weighted by Crippen LogP contribution is -2.39. The zero-order chi connectivity index (χ0) is 18.5. The van der Waals surface area contributed by atoms with Gasteiger partial charge in [-0.1, -0.05) is 36.8 Å². The zero-order valence-electron chi connectivity index (χ0n) is 15.4. The second-order valence-electron chi connectivity index (χ2n) is 7.80. The molecular formula is C21H28N2O3. The lowest BCUT2D eigenvalue weighted by atomic mass is 9.82. The lowest BCUT2D eigenvalue weighted by Gasteiger charge is -2.29. The molecule has 2 amide bonds. The summed E-state index contributed by atoms with van der Waals surface area (Å²) >= 11 is 0. The van der Waals surface area contributed by atoms with Crippen molar-refractivity contribution in [2.24, 2.45) is 11.8 Å². The molecule has 4 atom stereocenters. The van der Waals surface area contributed by atoms with Gasteiger partial charge < -0.3 is 10.6 Å². The molecule has 140 valence electrons. The third-order valence-electron chi connectivity index (χ3n) is 5.48. The summed E-state index contributed by atoms with van der Waals surface area (Å²) in [5.41, 5.74) is 0.774. The van der Waals surface area contributed by atoms with Gasteiger partial charge in [0, 0.05) is 37.4 Å². The van der Waals surface area contributed by atoms with Gasteiger partial charge in [0.2, 0.25) is 11.8 Å². The van der Waals surface area contributed by atoms with Crippen molar-refractivity contribution in [1.82, 2.24) is 10.6 Å². The number of benzene rings is 1. The van der Waals surface area contributed by atoms with Crippen LogP contribution >= 0.6 is 0 Å². The highest BCUT2D eigenvalue weighted by atomic mass is 16.2. The first-order chi connectivity index (χ1) is 12.5. The number of amides is 2. The molecule has 0 spiro atoms. The van der Waals surface area contributed by atoms with Crippen molar-refractivity contribution in [1.29, 1.82) is 0 Å². The minimum atomic E-state index is -0.0314. The fraction of sp³-hybridized carbons (Fsp3) is 0.571. The Hall–Kier alpha value is -2.17. The molecule has 5 nitrogen and oxygen atoms in total. The maximum absolute atomic E-state index is 12.4. The molecule has 2 aliphatic rings. The van der Waals surface area contributed by atoms with Crippen molar-refractivity contribution >= 4 is 17.6 Å². The molecule has 0 radical (unpaired) electrons. The molecule has 1 aromatic carbocycles. The molecule has 2 aliphatic carbocycles. The van der Waals surface area contributed by atoms with Crippen molar-refractivity contribution < 1.29 is 14.4 Å². The normalized spacial score (nSPS) is 27.4. The molecule has 2 fully saturated rings. The Bertz CT molecular complexity index is 658. The molecule has 0 aromatic heterocycles. The number of carbonyl (C=O) groups is 3. The van der Waals surface area contributed by atoms with Crippen LogP contribution in [-0.2, 0) is 9.59 Å². The number of rotatable bonds is 7. The monoisotopic (exact) mass is 356 g/mol. The Morgan fingerprint density at radius 2 is 1.77 bits per heavy atom. The van der Waals surface area contributed by atoms with Crippen LogP contribution < -0.4 is 10.6 Å². The van der Waals surface area contributed by atoms with Crippen LogP contribution in [0, 0.1) is 11.8 Å². The van der Waals surface area contributed by atoms with E-state index in [4.69, 9.17) is 0 Å². The van der Waals surface area contributed by atoms with Crippen LogP contribution in [0.3, 0.4) is 0 Å². The Morgan fingerprint density at radius 1 is 1.00 bits per heavy atom. The van der Waals surface area contributed by atoms with E-state index >= 15 is 0 Å². The van der Waals surface area contributed by atoms with E-state index < -0.39 is 0 Å². The predicted octanol–water partition coefficient (Wildman–Crippen LogP) is 2.85. The number of hydrogen-bond donors (Lipinski definition) is 2. The van der Waals surface area contributed by atoms with E-state index in [0.29, 0.717) is 18.8 Å². The molecule has 3 rings (SSSR count). The molecule has 0 heterocycles. The quantitative estimate of drug-likeness (QED) is 0.738. The SMILES string of the molecule is CC(=O)NC1CC1CC(=O)NC1CCCC(CC(=O)c2ccccc2)C1.